The Kier molecular flexibility index (Phi) is 4.62. The van der Waals surface area contributed by atoms with E-state index >= 15 is 0 Å². The molecule has 0 bridgehead atoms. The predicted octanol–water partition coefficient (Wildman–Crippen LogP) is 2.89. The number of hydrogen-bond acceptors (Lipinski definition) is 1. The van der Waals surface area contributed by atoms with Gasteiger partial charge >= 0.3 is 0 Å². The highest BCUT2D eigenvalue weighted by molar-refractivity contribution is 5.94. The normalized spacial score (nSPS) is 9.67. The predicted molar refractivity (Wildman–Crippen MR) is 72.0 cm³/mol. The molecule has 106 valence electrons. The van der Waals surface area contributed by atoms with E-state index in [-0.39, 0.29) is 17.7 Å². The lowest BCUT2D eigenvalue weighted by Gasteiger charge is -2.01. The molecule has 0 aromatic heterocycles. The third-order valence-corrected chi connectivity index (χ3v) is 2.62. The van der Waals surface area contributed by atoms with Crippen LogP contribution < -0.4 is 5.32 Å². The lowest BCUT2D eigenvalue weighted by Crippen LogP contribution is -2.23. The average Bonchev–Trinajstić information content (AvgIpc) is 2.48. The van der Waals surface area contributed by atoms with Crippen molar-refractivity contribution < 1.29 is 18.0 Å². The maximum absolute atomic E-state index is 13.3. The van der Waals surface area contributed by atoms with Crippen LogP contribution in [0.3, 0.4) is 0 Å². The Bertz CT molecular complexity index is 732. The number of carbonyl (C=O) groups is 1. The molecule has 1 N–H and O–H groups in total. The number of hydrogen-bond donors (Lipinski definition) is 1. The summed E-state index contributed by atoms with van der Waals surface area (Å²) in [7, 11) is 0. The van der Waals surface area contributed by atoms with Gasteiger partial charge in [0.2, 0.25) is 0 Å². The topological polar surface area (TPSA) is 29.1 Å². The minimum Gasteiger partial charge on any atom is -0.341 e. The maximum atomic E-state index is 13.3. The summed E-state index contributed by atoms with van der Waals surface area (Å²) < 4.78 is 39.0. The van der Waals surface area contributed by atoms with Crippen LogP contribution in [0.15, 0.2) is 42.5 Å². The highest BCUT2D eigenvalue weighted by atomic mass is 19.2. The van der Waals surface area contributed by atoms with Gasteiger partial charge in [0.15, 0.2) is 11.6 Å². The molecule has 21 heavy (non-hydrogen) atoms. The molecule has 0 heterocycles. The van der Waals surface area contributed by atoms with Crippen molar-refractivity contribution in [2.45, 2.75) is 0 Å². The van der Waals surface area contributed by atoms with Crippen LogP contribution in [-0.4, -0.2) is 12.5 Å². The molecule has 0 aliphatic heterocycles. The number of carbonyl (C=O) groups excluding carboxylic acids is 1. The maximum Gasteiger partial charge on any atom is 0.252 e. The van der Waals surface area contributed by atoms with Gasteiger partial charge in [0.1, 0.15) is 5.82 Å². The number of halogens is 3. The minimum absolute atomic E-state index is 0.0124. The monoisotopic (exact) mass is 289 g/mol. The van der Waals surface area contributed by atoms with E-state index in [1.807, 2.05) is 0 Å². The van der Waals surface area contributed by atoms with Gasteiger partial charge in [-0.05, 0) is 30.3 Å². The Hall–Kier alpha value is -2.74. The molecule has 0 saturated carbocycles. The van der Waals surface area contributed by atoms with Crippen molar-refractivity contribution in [3.63, 3.8) is 0 Å². The number of amides is 1. The van der Waals surface area contributed by atoms with Crippen molar-refractivity contribution in [1.82, 2.24) is 5.32 Å². The fourth-order valence-electron chi connectivity index (χ4n) is 1.57. The van der Waals surface area contributed by atoms with Gasteiger partial charge in [-0.1, -0.05) is 24.0 Å². The average molecular weight is 289 g/mol. The zero-order valence-electron chi connectivity index (χ0n) is 10.8. The van der Waals surface area contributed by atoms with E-state index < -0.39 is 23.4 Å². The molecule has 0 radical (unpaired) electrons. The van der Waals surface area contributed by atoms with Gasteiger partial charge in [-0.15, -0.1) is 0 Å². The highest BCUT2D eigenvalue weighted by Crippen LogP contribution is 2.08. The highest BCUT2D eigenvalue weighted by Gasteiger charge is 2.08. The van der Waals surface area contributed by atoms with E-state index in [9.17, 15) is 18.0 Å². The molecule has 2 aromatic carbocycles. The second-order valence-corrected chi connectivity index (χ2v) is 4.09. The summed E-state index contributed by atoms with van der Waals surface area (Å²) in [5.74, 6) is 1.99. The Morgan fingerprint density at radius 3 is 2.48 bits per heavy atom. The standard InChI is InChI=1S/C16H10F3NO/c17-13-6-2-1-4-11(13)5-3-9-20-16(21)12-7-8-14(18)15(19)10-12/h1-2,4,6-8,10H,9H2,(H,20,21). The van der Waals surface area contributed by atoms with Crippen molar-refractivity contribution in [3.8, 4) is 11.8 Å². The van der Waals surface area contributed by atoms with Gasteiger partial charge in [-0.3, -0.25) is 4.79 Å². The van der Waals surface area contributed by atoms with Gasteiger partial charge in [-0.25, -0.2) is 13.2 Å². The summed E-state index contributed by atoms with van der Waals surface area (Å²) in [5.41, 5.74) is 0.209. The first-order valence-electron chi connectivity index (χ1n) is 6.04. The van der Waals surface area contributed by atoms with Crippen molar-refractivity contribution in [2.24, 2.45) is 0 Å². The van der Waals surface area contributed by atoms with E-state index in [1.54, 1.807) is 12.1 Å². The molecule has 0 fully saturated rings. The van der Waals surface area contributed by atoms with Crippen LogP contribution in [-0.2, 0) is 0 Å². The van der Waals surface area contributed by atoms with Gasteiger partial charge in [-0.2, -0.15) is 0 Å². The van der Waals surface area contributed by atoms with Crippen molar-refractivity contribution in [2.75, 3.05) is 6.54 Å². The van der Waals surface area contributed by atoms with Crippen LogP contribution in [0, 0.1) is 29.3 Å². The van der Waals surface area contributed by atoms with Gasteiger partial charge in [0, 0.05) is 5.56 Å². The van der Waals surface area contributed by atoms with Crippen molar-refractivity contribution in [1.29, 1.82) is 0 Å². The van der Waals surface area contributed by atoms with Crippen LogP contribution in [0.1, 0.15) is 15.9 Å². The molecule has 0 unspecified atom stereocenters. The van der Waals surface area contributed by atoms with E-state index in [2.05, 4.69) is 17.2 Å². The minimum atomic E-state index is -1.10. The molecule has 5 heteroatoms. The lowest BCUT2D eigenvalue weighted by molar-refractivity contribution is 0.0958. The Balaban J connectivity index is 1.96. The number of rotatable bonds is 2. The molecular formula is C16H10F3NO. The second kappa shape index (κ2) is 6.62. The first kappa shape index (κ1) is 14.7. The first-order valence-corrected chi connectivity index (χ1v) is 6.04. The molecular weight excluding hydrogens is 279 g/mol. The summed E-state index contributed by atoms with van der Waals surface area (Å²) in [6, 6.07) is 8.82. The molecule has 0 saturated heterocycles. The van der Waals surface area contributed by atoms with E-state index in [0.29, 0.717) is 0 Å². The van der Waals surface area contributed by atoms with Crippen LogP contribution >= 0.6 is 0 Å². The van der Waals surface area contributed by atoms with Crippen LogP contribution in [0.2, 0.25) is 0 Å². The van der Waals surface area contributed by atoms with E-state index in [4.69, 9.17) is 0 Å². The van der Waals surface area contributed by atoms with Crippen molar-refractivity contribution >= 4 is 5.91 Å². The zero-order valence-corrected chi connectivity index (χ0v) is 10.8. The molecule has 2 rings (SSSR count). The molecule has 0 aliphatic rings. The van der Waals surface area contributed by atoms with Gasteiger partial charge in [0.05, 0.1) is 12.1 Å². The van der Waals surface area contributed by atoms with Gasteiger partial charge < -0.3 is 5.32 Å². The summed E-state index contributed by atoms with van der Waals surface area (Å²) in [5, 5.41) is 2.41. The fraction of sp³-hybridized carbons (Fsp3) is 0.0625. The van der Waals surface area contributed by atoms with Crippen molar-refractivity contribution in [3.05, 3.63) is 71.0 Å². The Morgan fingerprint density at radius 1 is 1.00 bits per heavy atom. The third kappa shape index (κ3) is 3.86. The van der Waals surface area contributed by atoms with E-state index in [1.165, 1.54) is 12.1 Å². The second-order valence-electron chi connectivity index (χ2n) is 4.09. The van der Waals surface area contributed by atoms with Crippen LogP contribution in [0.5, 0.6) is 0 Å². The largest absolute Gasteiger partial charge is 0.341 e. The number of nitrogens with one attached hydrogen (secondary N) is 1. The summed E-state index contributed by atoms with van der Waals surface area (Å²) in [4.78, 5) is 11.6. The fourth-order valence-corrected chi connectivity index (χ4v) is 1.57. The molecule has 0 atom stereocenters. The molecule has 1 amide bonds. The van der Waals surface area contributed by atoms with E-state index in [0.717, 1.165) is 18.2 Å². The summed E-state index contributed by atoms with van der Waals surface area (Å²) >= 11 is 0. The summed E-state index contributed by atoms with van der Waals surface area (Å²) in [6.07, 6.45) is 0. The number of benzene rings is 2. The summed E-state index contributed by atoms with van der Waals surface area (Å²) in [6.45, 7) is -0.0356. The zero-order chi connectivity index (χ0) is 15.2. The van der Waals surface area contributed by atoms with Crippen LogP contribution in [0.25, 0.3) is 0 Å². The molecule has 0 spiro atoms. The smallest absolute Gasteiger partial charge is 0.252 e. The SMILES string of the molecule is O=C(NCC#Cc1ccccc1F)c1ccc(F)c(F)c1. The lowest BCUT2D eigenvalue weighted by atomic mass is 10.2. The third-order valence-electron chi connectivity index (χ3n) is 2.62. The molecule has 2 nitrogen and oxygen atoms in total. The molecule has 0 aliphatic carbocycles. The molecule has 2 aromatic rings. The Morgan fingerprint density at radius 2 is 1.76 bits per heavy atom. The Labute approximate surface area is 119 Å². The van der Waals surface area contributed by atoms with Crippen LogP contribution in [0.4, 0.5) is 13.2 Å². The van der Waals surface area contributed by atoms with Gasteiger partial charge in [0.25, 0.3) is 5.91 Å². The first-order chi connectivity index (χ1) is 10.1. The quantitative estimate of drug-likeness (QED) is 0.846.